The molecule has 17 heavy (non-hydrogen) atoms. The first kappa shape index (κ1) is 13.4. The Morgan fingerprint density at radius 1 is 1.29 bits per heavy atom. The van der Waals surface area contributed by atoms with Crippen molar-refractivity contribution < 1.29 is 9.47 Å². The summed E-state index contributed by atoms with van der Waals surface area (Å²) in [5.74, 6) is 0.834. The highest BCUT2D eigenvalue weighted by atomic mass is 32.9. The van der Waals surface area contributed by atoms with Gasteiger partial charge in [0.1, 0.15) is 5.75 Å². The van der Waals surface area contributed by atoms with Gasteiger partial charge >= 0.3 is 0 Å². The Bertz CT molecular complexity index is 418. The van der Waals surface area contributed by atoms with Crippen molar-refractivity contribution in [1.29, 1.82) is 0 Å². The van der Waals surface area contributed by atoms with E-state index in [4.69, 9.17) is 33.5 Å². The van der Waals surface area contributed by atoms with E-state index in [1.54, 1.807) is 7.11 Å². The fourth-order valence-corrected chi connectivity index (χ4v) is 5.00. The molecule has 1 aliphatic heterocycles. The molecule has 1 aromatic carbocycles. The van der Waals surface area contributed by atoms with Crippen LogP contribution in [0.2, 0.25) is 0 Å². The zero-order valence-corrected chi connectivity index (χ0v) is 12.2. The van der Waals surface area contributed by atoms with Gasteiger partial charge in [-0.05, 0) is 17.4 Å². The highest BCUT2D eigenvalue weighted by Gasteiger charge is 2.18. The third-order valence-corrected chi connectivity index (χ3v) is 7.50. The SMILES string of the molecule is COc1ccc(P(=S)([S-])N2CCOCC2)cc1. The smallest absolute Gasteiger partial charge is 0.118 e. The Labute approximate surface area is 112 Å². The molecule has 0 saturated carbocycles. The van der Waals surface area contributed by atoms with Crippen LogP contribution < -0.4 is 10.0 Å². The van der Waals surface area contributed by atoms with Crippen LogP contribution in [0.4, 0.5) is 0 Å². The molecule has 0 spiro atoms. The van der Waals surface area contributed by atoms with Crippen LogP contribution in [0.1, 0.15) is 0 Å². The maximum atomic E-state index is 5.66. The topological polar surface area (TPSA) is 21.7 Å². The predicted octanol–water partition coefficient (Wildman–Crippen LogP) is 1.51. The van der Waals surface area contributed by atoms with Crippen LogP contribution in [0.15, 0.2) is 24.3 Å². The number of methoxy groups -OCH3 is 1. The molecule has 1 atom stereocenters. The van der Waals surface area contributed by atoms with Crippen molar-refractivity contribution in [2.24, 2.45) is 0 Å². The van der Waals surface area contributed by atoms with Crippen molar-refractivity contribution in [2.75, 3.05) is 33.4 Å². The van der Waals surface area contributed by atoms with Crippen molar-refractivity contribution in [2.45, 2.75) is 0 Å². The van der Waals surface area contributed by atoms with Gasteiger partial charge in [0.25, 0.3) is 0 Å². The molecule has 1 unspecified atom stereocenters. The molecule has 3 nitrogen and oxygen atoms in total. The van der Waals surface area contributed by atoms with E-state index in [1.807, 2.05) is 24.3 Å². The van der Waals surface area contributed by atoms with Crippen LogP contribution in [0.5, 0.6) is 5.75 Å². The number of nitrogens with zero attached hydrogens (tertiary/aromatic N) is 1. The minimum absolute atomic E-state index is 0.727. The van der Waals surface area contributed by atoms with Crippen molar-refractivity contribution >= 4 is 34.8 Å². The second kappa shape index (κ2) is 5.72. The summed E-state index contributed by atoms with van der Waals surface area (Å²) in [6.07, 6.45) is 0. The lowest BCUT2D eigenvalue weighted by Crippen LogP contribution is -2.35. The summed E-state index contributed by atoms with van der Waals surface area (Å²) in [5, 5.41) is -0.976. The second-order valence-corrected chi connectivity index (χ2v) is 9.77. The number of hydrogen-bond donors (Lipinski definition) is 0. The van der Waals surface area contributed by atoms with E-state index >= 15 is 0 Å². The molecule has 1 saturated heterocycles. The predicted molar refractivity (Wildman–Crippen MR) is 76.7 cm³/mol. The minimum atomic E-state index is -2.04. The van der Waals surface area contributed by atoms with Gasteiger partial charge in [-0.1, -0.05) is 17.5 Å². The molecular weight excluding hydrogens is 273 g/mol. The minimum Gasteiger partial charge on any atom is -0.727 e. The number of benzene rings is 1. The Balaban J connectivity index is 2.20. The van der Waals surface area contributed by atoms with E-state index in [9.17, 15) is 0 Å². The lowest BCUT2D eigenvalue weighted by atomic mass is 10.3. The maximum absolute atomic E-state index is 5.66. The van der Waals surface area contributed by atoms with Crippen LogP contribution >= 0.6 is 5.39 Å². The van der Waals surface area contributed by atoms with Crippen LogP contribution in [-0.2, 0) is 28.8 Å². The van der Waals surface area contributed by atoms with Gasteiger partial charge < -0.3 is 21.7 Å². The summed E-state index contributed by atoms with van der Waals surface area (Å²) < 4.78 is 12.7. The summed E-state index contributed by atoms with van der Waals surface area (Å²) in [7, 11) is 1.65. The normalized spacial score (nSPS) is 20.8. The number of hydrogen-bond acceptors (Lipinski definition) is 4. The quantitative estimate of drug-likeness (QED) is 0.619. The van der Waals surface area contributed by atoms with Crippen LogP contribution in [0.25, 0.3) is 0 Å². The van der Waals surface area contributed by atoms with E-state index in [0.717, 1.165) is 37.4 Å². The first-order valence-corrected chi connectivity index (χ1v) is 9.20. The van der Waals surface area contributed by atoms with Crippen molar-refractivity contribution in [3.05, 3.63) is 24.3 Å². The average Bonchev–Trinajstić information content (AvgIpc) is 2.40. The third-order valence-electron chi connectivity index (χ3n) is 2.76. The number of rotatable bonds is 3. The van der Waals surface area contributed by atoms with Crippen molar-refractivity contribution in [3.63, 3.8) is 0 Å². The van der Waals surface area contributed by atoms with E-state index in [-0.39, 0.29) is 0 Å². The van der Waals surface area contributed by atoms with E-state index in [2.05, 4.69) is 4.67 Å². The molecule has 94 valence electrons. The van der Waals surface area contributed by atoms with Crippen LogP contribution in [0, 0.1) is 0 Å². The molecule has 0 aromatic heterocycles. The Morgan fingerprint density at radius 3 is 2.41 bits per heavy atom. The van der Waals surface area contributed by atoms with Crippen LogP contribution in [0.3, 0.4) is 0 Å². The van der Waals surface area contributed by atoms with Gasteiger partial charge in [0, 0.05) is 13.1 Å². The molecule has 1 heterocycles. The maximum Gasteiger partial charge on any atom is 0.118 e. The van der Waals surface area contributed by atoms with Gasteiger partial charge in [-0.25, -0.2) is 0 Å². The lowest BCUT2D eigenvalue weighted by Gasteiger charge is -2.43. The van der Waals surface area contributed by atoms with Gasteiger partial charge in [-0.2, -0.15) is 0 Å². The van der Waals surface area contributed by atoms with Gasteiger partial charge in [-0.3, -0.25) is 4.67 Å². The Hall–Kier alpha value is -0.0600. The second-order valence-electron chi connectivity index (χ2n) is 3.78. The molecule has 6 heteroatoms. The van der Waals surface area contributed by atoms with Gasteiger partial charge in [0.15, 0.2) is 0 Å². The fraction of sp³-hybridized carbons (Fsp3) is 0.455. The average molecular weight is 288 g/mol. The highest BCUT2D eigenvalue weighted by Crippen LogP contribution is 2.46. The number of ether oxygens (including phenoxy) is 2. The van der Waals surface area contributed by atoms with E-state index in [1.165, 1.54) is 0 Å². The van der Waals surface area contributed by atoms with E-state index < -0.39 is 5.39 Å². The highest BCUT2D eigenvalue weighted by molar-refractivity contribution is 8.56. The van der Waals surface area contributed by atoms with Crippen molar-refractivity contribution in [1.82, 2.24) is 4.67 Å². The zero-order valence-electron chi connectivity index (χ0n) is 9.67. The van der Waals surface area contributed by atoms with E-state index in [0.29, 0.717) is 0 Å². The molecule has 0 N–H and O–H groups in total. The first-order chi connectivity index (χ1) is 8.14. The third kappa shape index (κ3) is 3.04. The molecule has 0 radical (unpaired) electrons. The molecular formula is C11H15NO2PS2-. The Morgan fingerprint density at radius 2 is 1.88 bits per heavy atom. The van der Waals surface area contributed by atoms with Gasteiger partial charge in [0.2, 0.25) is 0 Å². The summed E-state index contributed by atoms with van der Waals surface area (Å²) in [6, 6.07) is 7.82. The van der Waals surface area contributed by atoms with Gasteiger partial charge in [0.05, 0.1) is 20.3 Å². The molecule has 0 aliphatic carbocycles. The summed E-state index contributed by atoms with van der Waals surface area (Å²) in [4.78, 5) is 0. The van der Waals surface area contributed by atoms with Crippen LogP contribution in [-0.4, -0.2) is 38.1 Å². The molecule has 1 aliphatic rings. The standard InChI is InChI=1S/C11H16NO2PS2/c1-13-10-2-4-11(5-3-10)15(16,17)12-6-8-14-9-7-12/h2-5H,6-9H2,1H3,(H,16,17)/p-1. The van der Waals surface area contributed by atoms with Crippen molar-refractivity contribution in [3.8, 4) is 5.75 Å². The molecule has 1 aromatic rings. The zero-order chi connectivity index (χ0) is 12.3. The molecule has 0 bridgehead atoms. The molecule has 2 rings (SSSR count). The fourth-order valence-electron chi connectivity index (χ4n) is 1.75. The first-order valence-electron chi connectivity index (χ1n) is 5.43. The lowest BCUT2D eigenvalue weighted by molar-refractivity contribution is 0.0758. The summed E-state index contributed by atoms with van der Waals surface area (Å²) in [5.41, 5.74) is 0. The molecule has 0 amide bonds. The number of morpholine rings is 1. The monoisotopic (exact) mass is 288 g/mol. The summed E-state index contributed by atoms with van der Waals surface area (Å²) in [6.45, 7) is 3.13. The van der Waals surface area contributed by atoms with Gasteiger partial charge in [-0.15, -0.1) is 11.8 Å². The Kier molecular flexibility index (Phi) is 4.50. The summed E-state index contributed by atoms with van der Waals surface area (Å²) >= 11 is 11.3. The largest absolute Gasteiger partial charge is 0.727 e. The molecule has 1 fully saturated rings.